The van der Waals surface area contributed by atoms with Crippen LogP contribution in [0.4, 0.5) is 4.39 Å². The lowest BCUT2D eigenvalue weighted by molar-refractivity contribution is -0.134. The molecule has 1 aromatic carbocycles. The van der Waals surface area contributed by atoms with Crippen molar-refractivity contribution in [3.8, 4) is 0 Å². The van der Waals surface area contributed by atoms with Crippen molar-refractivity contribution in [1.29, 1.82) is 0 Å². The summed E-state index contributed by atoms with van der Waals surface area (Å²) in [6.07, 6.45) is 2.49. The van der Waals surface area contributed by atoms with Crippen LogP contribution in [0, 0.1) is 17.7 Å². The molecule has 2 atom stereocenters. The third-order valence-electron chi connectivity index (χ3n) is 5.55. The van der Waals surface area contributed by atoms with E-state index >= 15 is 0 Å². The molecule has 4 rings (SSSR count). The van der Waals surface area contributed by atoms with Gasteiger partial charge >= 0.3 is 0 Å². The number of piperidine rings is 1. The van der Waals surface area contributed by atoms with E-state index in [0.29, 0.717) is 36.8 Å². The summed E-state index contributed by atoms with van der Waals surface area (Å²) in [5.74, 6) is 0.107. The number of carbonyl (C=O) groups excluding carboxylic acids is 2. The van der Waals surface area contributed by atoms with E-state index in [1.165, 1.54) is 17.4 Å². The Labute approximate surface area is 161 Å². The second-order valence-corrected chi connectivity index (χ2v) is 8.04. The molecule has 7 heteroatoms. The van der Waals surface area contributed by atoms with Gasteiger partial charge in [-0.15, -0.1) is 11.3 Å². The normalized spacial score (nSPS) is 22.5. The number of amides is 2. The SMILES string of the molecule is O=C(NCC1CCN(C(=O)C2CC2c2ccccc2F)CC1)c1cscn1. The van der Waals surface area contributed by atoms with Crippen molar-refractivity contribution in [2.75, 3.05) is 19.6 Å². The second kappa shape index (κ2) is 7.76. The number of nitrogens with zero attached hydrogens (tertiary/aromatic N) is 2. The van der Waals surface area contributed by atoms with Gasteiger partial charge in [-0.2, -0.15) is 0 Å². The lowest BCUT2D eigenvalue weighted by atomic mass is 9.96. The fraction of sp³-hybridized carbons (Fsp3) is 0.450. The lowest BCUT2D eigenvalue weighted by Gasteiger charge is -2.32. The van der Waals surface area contributed by atoms with Crippen LogP contribution in [0.25, 0.3) is 0 Å². The highest BCUT2D eigenvalue weighted by atomic mass is 32.1. The molecule has 2 aliphatic rings. The van der Waals surface area contributed by atoms with E-state index in [2.05, 4.69) is 10.3 Å². The van der Waals surface area contributed by atoms with E-state index in [1.54, 1.807) is 23.0 Å². The number of thiazole rings is 1. The molecule has 1 aliphatic carbocycles. The van der Waals surface area contributed by atoms with Crippen LogP contribution in [0.3, 0.4) is 0 Å². The van der Waals surface area contributed by atoms with Crippen molar-refractivity contribution in [1.82, 2.24) is 15.2 Å². The summed E-state index contributed by atoms with van der Waals surface area (Å²) in [5, 5.41) is 4.66. The van der Waals surface area contributed by atoms with Crippen LogP contribution in [-0.4, -0.2) is 41.3 Å². The van der Waals surface area contributed by atoms with Crippen molar-refractivity contribution in [3.63, 3.8) is 0 Å². The number of hydrogen-bond acceptors (Lipinski definition) is 4. The molecule has 1 aromatic heterocycles. The fourth-order valence-corrected chi connectivity index (χ4v) is 4.36. The van der Waals surface area contributed by atoms with Gasteiger partial charge in [0.15, 0.2) is 0 Å². The predicted octanol–water partition coefficient (Wildman–Crippen LogP) is 3.05. The number of carbonyl (C=O) groups is 2. The highest BCUT2D eigenvalue weighted by Gasteiger charge is 2.47. The van der Waals surface area contributed by atoms with Crippen LogP contribution >= 0.6 is 11.3 Å². The Hall–Kier alpha value is -2.28. The van der Waals surface area contributed by atoms with Crippen LogP contribution < -0.4 is 5.32 Å². The molecule has 1 aliphatic heterocycles. The van der Waals surface area contributed by atoms with Crippen LogP contribution in [0.1, 0.15) is 41.2 Å². The first-order valence-corrected chi connectivity index (χ1v) is 10.3. The molecule has 2 unspecified atom stereocenters. The third-order valence-corrected chi connectivity index (χ3v) is 6.14. The van der Waals surface area contributed by atoms with Gasteiger partial charge in [0, 0.05) is 30.9 Å². The fourth-order valence-electron chi connectivity index (χ4n) is 3.83. The number of hydrogen-bond donors (Lipinski definition) is 1. The average molecular weight is 387 g/mol. The summed E-state index contributed by atoms with van der Waals surface area (Å²) in [4.78, 5) is 30.6. The maximum Gasteiger partial charge on any atom is 0.270 e. The molecule has 1 N–H and O–H groups in total. The Morgan fingerprint density at radius 2 is 2.04 bits per heavy atom. The van der Waals surface area contributed by atoms with Gasteiger partial charge in [-0.3, -0.25) is 9.59 Å². The van der Waals surface area contributed by atoms with E-state index in [-0.39, 0.29) is 29.5 Å². The van der Waals surface area contributed by atoms with Crippen LogP contribution in [0.2, 0.25) is 0 Å². The Morgan fingerprint density at radius 3 is 2.74 bits per heavy atom. The molecule has 2 heterocycles. The highest BCUT2D eigenvalue weighted by Crippen LogP contribution is 2.49. The Balaban J connectivity index is 1.23. The van der Waals surface area contributed by atoms with Gasteiger partial charge < -0.3 is 10.2 Å². The number of likely N-dealkylation sites (tertiary alicyclic amines) is 1. The summed E-state index contributed by atoms with van der Waals surface area (Å²) < 4.78 is 13.9. The molecule has 2 amide bonds. The lowest BCUT2D eigenvalue weighted by Crippen LogP contribution is -2.42. The highest BCUT2D eigenvalue weighted by molar-refractivity contribution is 7.07. The van der Waals surface area contributed by atoms with E-state index < -0.39 is 0 Å². The summed E-state index contributed by atoms with van der Waals surface area (Å²) >= 11 is 1.40. The minimum atomic E-state index is -0.215. The van der Waals surface area contributed by atoms with E-state index in [0.717, 1.165) is 19.3 Å². The van der Waals surface area contributed by atoms with Crippen molar-refractivity contribution in [3.05, 3.63) is 52.2 Å². The van der Waals surface area contributed by atoms with Gasteiger partial charge in [-0.25, -0.2) is 9.37 Å². The number of aromatic nitrogens is 1. The molecule has 1 saturated heterocycles. The van der Waals surface area contributed by atoms with Gasteiger partial charge in [0.05, 0.1) is 5.51 Å². The van der Waals surface area contributed by atoms with Gasteiger partial charge in [0.2, 0.25) is 5.91 Å². The first kappa shape index (κ1) is 18.1. The van der Waals surface area contributed by atoms with Crippen molar-refractivity contribution < 1.29 is 14.0 Å². The first-order chi connectivity index (χ1) is 13.1. The molecule has 5 nitrogen and oxygen atoms in total. The van der Waals surface area contributed by atoms with Crippen LogP contribution in [-0.2, 0) is 4.79 Å². The predicted molar refractivity (Wildman–Crippen MR) is 101 cm³/mol. The minimum absolute atomic E-state index is 0.0221. The summed E-state index contributed by atoms with van der Waals surface area (Å²) in [5.41, 5.74) is 2.77. The Kier molecular flexibility index (Phi) is 5.20. The van der Waals surface area contributed by atoms with Crippen LogP contribution in [0.5, 0.6) is 0 Å². The number of nitrogens with one attached hydrogen (secondary N) is 1. The van der Waals surface area contributed by atoms with Crippen molar-refractivity contribution >= 4 is 23.2 Å². The zero-order chi connectivity index (χ0) is 18.8. The molecule has 1 saturated carbocycles. The molecule has 0 spiro atoms. The maximum absolute atomic E-state index is 13.9. The standard InChI is InChI=1S/C20H22FN3O2S/c21-17-4-2-1-3-14(17)15-9-16(15)20(26)24-7-5-13(6-8-24)10-22-19(25)18-11-27-12-23-18/h1-4,11-13,15-16H,5-10H2,(H,22,25). The molecule has 2 fully saturated rings. The van der Waals surface area contributed by atoms with Gasteiger partial charge in [0.1, 0.15) is 11.5 Å². The molecule has 0 bridgehead atoms. The van der Waals surface area contributed by atoms with Crippen molar-refractivity contribution in [2.45, 2.75) is 25.2 Å². The molecule has 142 valence electrons. The van der Waals surface area contributed by atoms with Gasteiger partial charge in [0.25, 0.3) is 5.91 Å². The number of benzene rings is 1. The van der Waals surface area contributed by atoms with Gasteiger partial charge in [-0.1, -0.05) is 18.2 Å². The monoisotopic (exact) mass is 387 g/mol. The largest absolute Gasteiger partial charge is 0.350 e. The second-order valence-electron chi connectivity index (χ2n) is 7.32. The molecule has 2 aromatic rings. The first-order valence-electron chi connectivity index (χ1n) is 9.33. The summed E-state index contributed by atoms with van der Waals surface area (Å²) in [6.45, 7) is 2.02. The summed E-state index contributed by atoms with van der Waals surface area (Å²) in [6, 6.07) is 6.74. The Morgan fingerprint density at radius 1 is 1.26 bits per heavy atom. The smallest absolute Gasteiger partial charge is 0.270 e. The Bertz CT molecular complexity index is 818. The third kappa shape index (κ3) is 4.03. The minimum Gasteiger partial charge on any atom is -0.350 e. The van der Waals surface area contributed by atoms with E-state index in [1.807, 2.05) is 11.0 Å². The zero-order valence-electron chi connectivity index (χ0n) is 14.9. The molecular formula is C20H22FN3O2S. The average Bonchev–Trinajstić information content (AvgIpc) is 3.28. The topological polar surface area (TPSA) is 62.3 Å². The maximum atomic E-state index is 13.9. The molecule has 27 heavy (non-hydrogen) atoms. The van der Waals surface area contributed by atoms with E-state index in [4.69, 9.17) is 0 Å². The van der Waals surface area contributed by atoms with Gasteiger partial charge in [-0.05, 0) is 42.7 Å². The zero-order valence-corrected chi connectivity index (χ0v) is 15.8. The quantitative estimate of drug-likeness (QED) is 0.858. The van der Waals surface area contributed by atoms with Crippen LogP contribution in [0.15, 0.2) is 35.2 Å². The summed E-state index contributed by atoms with van der Waals surface area (Å²) in [7, 11) is 0. The molecule has 0 radical (unpaired) electrons. The molecular weight excluding hydrogens is 365 g/mol. The number of rotatable bonds is 5. The van der Waals surface area contributed by atoms with E-state index in [9.17, 15) is 14.0 Å². The number of halogens is 1. The van der Waals surface area contributed by atoms with Crippen molar-refractivity contribution in [2.24, 2.45) is 11.8 Å².